The first-order valence-corrected chi connectivity index (χ1v) is 9.92. The van der Waals surface area contributed by atoms with E-state index in [0.29, 0.717) is 5.75 Å². The van der Waals surface area contributed by atoms with Gasteiger partial charge in [-0.2, -0.15) is 0 Å². The third-order valence-electron chi connectivity index (χ3n) is 4.95. The molecule has 0 fully saturated rings. The zero-order chi connectivity index (χ0) is 17.9. The number of H-pyrrole nitrogens is 1. The molecule has 0 saturated heterocycles. The Bertz CT molecular complexity index is 608. The molecule has 0 aliphatic heterocycles. The van der Waals surface area contributed by atoms with Crippen LogP contribution in [-0.2, 0) is 6.42 Å². The van der Waals surface area contributed by atoms with Gasteiger partial charge in [0.1, 0.15) is 11.4 Å². The summed E-state index contributed by atoms with van der Waals surface area (Å²) in [6.07, 6.45) is 15.9. The Labute approximate surface area is 152 Å². The molecular weight excluding hydrogens is 310 g/mol. The van der Waals surface area contributed by atoms with Crippen molar-refractivity contribution in [3.63, 3.8) is 0 Å². The molecule has 0 aliphatic carbocycles. The number of benzene rings is 1. The number of nitrogens with one attached hydrogen (secondary N) is 1. The highest BCUT2D eigenvalue weighted by Crippen LogP contribution is 2.33. The molecule has 0 bridgehead atoms. The van der Waals surface area contributed by atoms with Crippen LogP contribution in [0.5, 0.6) is 5.75 Å². The summed E-state index contributed by atoms with van der Waals surface area (Å²) in [6.45, 7) is 4.32. The number of rotatable bonds is 12. The third-order valence-corrected chi connectivity index (χ3v) is 4.95. The molecule has 2 rings (SSSR count). The maximum absolute atomic E-state index is 10.3. The second-order valence-electron chi connectivity index (χ2n) is 7.05. The quantitative estimate of drug-likeness (QED) is 0.468. The molecule has 138 valence electrons. The summed E-state index contributed by atoms with van der Waals surface area (Å²) in [5, 5.41) is 21.0. The van der Waals surface area contributed by atoms with Gasteiger partial charge in [-0.05, 0) is 31.4 Å². The van der Waals surface area contributed by atoms with Crippen molar-refractivity contribution < 1.29 is 5.11 Å². The van der Waals surface area contributed by atoms with E-state index in [1.807, 2.05) is 6.07 Å². The Morgan fingerprint density at radius 3 is 2.16 bits per heavy atom. The summed E-state index contributed by atoms with van der Waals surface area (Å²) in [4.78, 5) is 0. The molecule has 4 nitrogen and oxygen atoms in total. The lowest BCUT2D eigenvalue weighted by molar-refractivity contribution is 0.466. The van der Waals surface area contributed by atoms with E-state index >= 15 is 0 Å². The van der Waals surface area contributed by atoms with Gasteiger partial charge in [-0.15, -0.1) is 5.10 Å². The van der Waals surface area contributed by atoms with Gasteiger partial charge >= 0.3 is 0 Å². The first-order valence-electron chi connectivity index (χ1n) is 9.92. The monoisotopic (exact) mass is 343 g/mol. The van der Waals surface area contributed by atoms with Crippen LogP contribution in [0.3, 0.4) is 0 Å². The van der Waals surface area contributed by atoms with Crippen molar-refractivity contribution in [1.29, 1.82) is 0 Å². The van der Waals surface area contributed by atoms with Crippen LogP contribution in [0.2, 0.25) is 0 Å². The summed E-state index contributed by atoms with van der Waals surface area (Å²) >= 11 is 0. The predicted molar refractivity (Wildman–Crippen MR) is 104 cm³/mol. The van der Waals surface area contributed by atoms with E-state index in [1.54, 1.807) is 12.3 Å². The van der Waals surface area contributed by atoms with E-state index in [0.717, 1.165) is 35.2 Å². The van der Waals surface area contributed by atoms with Gasteiger partial charge in [-0.1, -0.05) is 76.0 Å². The predicted octanol–water partition coefficient (Wildman–Crippen LogP) is 5.95. The second-order valence-corrected chi connectivity index (χ2v) is 7.05. The lowest BCUT2D eigenvalue weighted by Crippen LogP contribution is -1.95. The van der Waals surface area contributed by atoms with E-state index < -0.39 is 0 Å². The topological polar surface area (TPSA) is 61.8 Å². The fraction of sp³-hybridized carbons (Fsp3) is 0.619. The summed E-state index contributed by atoms with van der Waals surface area (Å²) < 4.78 is 0. The fourth-order valence-corrected chi connectivity index (χ4v) is 3.48. The Morgan fingerprint density at radius 1 is 0.920 bits per heavy atom. The molecule has 0 amide bonds. The van der Waals surface area contributed by atoms with Gasteiger partial charge in [0, 0.05) is 11.1 Å². The number of nitrogens with zero attached hydrogens (tertiary/aromatic N) is 2. The van der Waals surface area contributed by atoms with Crippen LogP contribution in [0, 0.1) is 6.92 Å². The molecule has 2 aromatic rings. The summed E-state index contributed by atoms with van der Waals surface area (Å²) in [5.41, 5.74) is 3.99. The van der Waals surface area contributed by atoms with Crippen LogP contribution in [-0.4, -0.2) is 20.5 Å². The number of phenols is 1. The Kier molecular flexibility index (Phi) is 8.50. The Hall–Kier alpha value is -1.84. The molecule has 2 N–H and O–H groups in total. The second kappa shape index (κ2) is 10.9. The van der Waals surface area contributed by atoms with Crippen LogP contribution in [0.1, 0.15) is 82.3 Å². The van der Waals surface area contributed by atoms with Crippen molar-refractivity contribution in [2.24, 2.45) is 0 Å². The van der Waals surface area contributed by atoms with Crippen LogP contribution in [0.25, 0.3) is 11.3 Å². The standard InChI is InChI=1S/C21H33N3O/c1-3-4-5-6-7-8-9-10-11-12-13-18-20(25)15-14-17(2)21(18)19-16-22-24-23-19/h14-16,25H,3-13H2,1-2H3,(H,22,23,24). The van der Waals surface area contributed by atoms with Crippen LogP contribution < -0.4 is 0 Å². The van der Waals surface area contributed by atoms with Crippen LogP contribution in [0.4, 0.5) is 0 Å². The highest BCUT2D eigenvalue weighted by Gasteiger charge is 2.14. The van der Waals surface area contributed by atoms with E-state index in [4.69, 9.17) is 0 Å². The molecular formula is C21H33N3O. The first kappa shape index (κ1) is 19.5. The molecule has 25 heavy (non-hydrogen) atoms. The van der Waals surface area contributed by atoms with E-state index in [1.165, 1.54) is 57.8 Å². The minimum atomic E-state index is 0.375. The Balaban J connectivity index is 1.75. The Morgan fingerprint density at radius 2 is 1.56 bits per heavy atom. The van der Waals surface area contributed by atoms with Crippen molar-refractivity contribution in [3.05, 3.63) is 29.5 Å². The SMILES string of the molecule is CCCCCCCCCCCCc1c(O)ccc(C)c1-c1c[nH]nn1. The number of phenolic OH excluding ortho intramolecular Hbond substituents is 1. The summed E-state index contributed by atoms with van der Waals surface area (Å²) in [5.74, 6) is 0.375. The van der Waals surface area contributed by atoms with Gasteiger partial charge in [0.05, 0.1) is 6.20 Å². The van der Waals surface area contributed by atoms with E-state index in [2.05, 4.69) is 29.3 Å². The van der Waals surface area contributed by atoms with Crippen molar-refractivity contribution in [2.75, 3.05) is 0 Å². The maximum Gasteiger partial charge on any atom is 0.119 e. The molecule has 0 saturated carbocycles. The van der Waals surface area contributed by atoms with Crippen LogP contribution >= 0.6 is 0 Å². The summed E-state index contributed by atoms with van der Waals surface area (Å²) in [6, 6.07) is 3.74. The third kappa shape index (κ3) is 6.18. The largest absolute Gasteiger partial charge is 0.508 e. The molecule has 0 radical (unpaired) electrons. The molecule has 0 aliphatic rings. The van der Waals surface area contributed by atoms with Gasteiger partial charge in [0.15, 0.2) is 0 Å². The first-order chi connectivity index (χ1) is 12.2. The molecule has 1 heterocycles. The van der Waals surface area contributed by atoms with E-state index in [-0.39, 0.29) is 0 Å². The smallest absolute Gasteiger partial charge is 0.119 e. The van der Waals surface area contributed by atoms with Gasteiger partial charge in [0.25, 0.3) is 0 Å². The number of hydrogen-bond donors (Lipinski definition) is 2. The van der Waals surface area contributed by atoms with Crippen LogP contribution in [0.15, 0.2) is 18.3 Å². The normalized spacial score (nSPS) is 11.1. The number of aromatic nitrogens is 3. The zero-order valence-corrected chi connectivity index (χ0v) is 15.9. The highest BCUT2D eigenvalue weighted by molar-refractivity contribution is 5.69. The van der Waals surface area contributed by atoms with Gasteiger partial charge in [0.2, 0.25) is 0 Å². The zero-order valence-electron chi connectivity index (χ0n) is 15.9. The molecule has 0 atom stereocenters. The number of aryl methyl sites for hydroxylation is 1. The van der Waals surface area contributed by atoms with Gasteiger partial charge in [-0.25, -0.2) is 0 Å². The molecule has 0 spiro atoms. The number of aromatic amines is 1. The average molecular weight is 344 g/mol. The molecule has 1 aromatic carbocycles. The summed E-state index contributed by atoms with van der Waals surface area (Å²) in [7, 11) is 0. The fourth-order valence-electron chi connectivity index (χ4n) is 3.48. The lowest BCUT2D eigenvalue weighted by Gasteiger charge is -2.12. The number of unbranched alkanes of at least 4 members (excludes halogenated alkanes) is 9. The minimum absolute atomic E-state index is 0.375. The van der Waals surface area contributed by atoms with Gasteiger partial charge < -0.3 is 5.11 Å². The number of aromatic hydroxyl groups is 1. The van der Waals surface area contributed by atoms with E-state index in [9.17, 15) is 5.11 Å². The van der Waals surface area contributed by atoms with Crippen molar-refractivity contribution in [2.45, 2.75) is 84.5 Å². The molecule has 1 aromatic heterocycles. The minimum Gasteiger partial charge on any atom is -0.508 e. The van der Waals surface area contributed by atoms with Crippen molar-refractivity contribution in [3.8, 4) is 17.0 Å². The average Bonchev–Trinajstić information content (AvgIpc) is 3.13. The molecule has 4 heteroatoms. The van der Waals surface area contributed by atoms with Crippen molar-refractivity contribution >= 4 is 0 Å². The highest BCUT2D eigenvalue weighted by atomic mass is 16.3. The maximum atomic E-state index is 10.3. The number of hydrogen-bond acceptors (Lipinski definition) is 3. The van der Waals surface area contributed by atoms with Gasteiger partial charge in [-0.3, -0.25) is 5.10 Å². The van der Waals surface area contributed by atoms with Crippen molar-refractivity contribution in [1.82, 2.24) is 15.4 Å². The lowest BCUT2D eigenvalue weighted by atomic mass is 9.94. The molecule has 0 unspecified atom stereocenters.